The van der Waals surface area contributed by atoms with Crippen LogP contribution in [0, 0.1) is 11.7 Å². The van der Waals surface area contributed by atoms with E-state index in [-0.39, 0.29) is 23.8 Å². The Hall–Kier alpha value is -3.03. The Bertz CT molecular complexity index is 1100. The van der Waals surface area contributed by atoms with Crippen molar-refractivity contribution in [1.29, 1.82) is 0 Å². The third-order valence-electron chi connectivity index (χ3n) is 6.07. The van der Waals surface area contributed by atoms with Gasteiger partial charge in [-0.25, -0.2) is 14.1 Å². The van der Waals surface area contributed by atoms with Gasteiger partial charge in [0.25, 0.3) is 5.56 Å². The Morgan fingerprint density at radius 1 is 1.19 bits per heavy atom. The molecule has 1 aliphatic carbocycles. The molecule has 0 unspecified atom stereocenters. The van der Waals surface area contributed by atoms with Gasteiger partial charge < -0.3 is 5.32 Å². The number of carbonyl (C=O) groups is 1. The zero-order valence-electron chi connectivity index (χ0n) is 17.6. The van der Waals surface area contributed by atoms with Crippen molar-refractivity contribution in [2.24, 2.45) is 5.92 Å². The van der Waals surface area contributed by atoms with Crippen molar-refractivity contribution in [3.63, 3.8) is 0 Å². The van der Waals surface area contributed by atoms with E-state index in [1.54, 1.807) is 22.9 Å². The lowest BCUT2D eigenvalue weighted by Gasteiger charge is -2.20. The van der Waals surface area contributed by atoms with Crippen LogP contribution < -0.4 is 10.9 Å². The molecule has 1 N–H and O–H groups in total. The molecule has 0 spiro atoms. The molecule has 3 aromatic rings. The first-order valence-corrected chi connectivity index (χ1v) is 11.0. The second kappa shape index (κ2) is 9.85. The van der Waals surface area contributed by atoms with Crippen LogP contribution in [-0.4, -0.2) is 31.8 Å². The number of aromatic nitrogens is 4. The summed E-state index contributed by atoms with van der Waals surface area (Å²) < 4.78 is 16.9. The molecular formula is C23H28FN5O2. The van der Waals surface area contributed by atoms with Crippen molar-refractivity contribution in [3.8, 4) is 0 Å². The topological polar surface area (TPSA) is 81.8 Å². The van der Waals surface area contributed by atoms with Crippen molar-refractivity contribution in [2.45, 2.75) is 58.0 Å². The maximum atomic E-state index is 13.9. The number of nitrogens with one attached hydrogen (secondary N) is 1. The van der Waals surface area contributed by atoms with Gasteiger partial charge in [-0.1, -0.05) is 50.3 Å². The summed E-state index contributed by atoms with van der Waals surface area (Å²) in [5.74, 6) is 0.386. The number of benzene rings is 1. The van der Waals surface area contributed by atoms with Gasteiger partial charge in [-0.05, 0) is 18.4 Å². The molecule has 2 heterocycles. The van der Waals surface area contributed by atoms with Gasteiger partial charge in [0.05, 0.1) is 19.3 Å². The fraction of sp³-hybridized carbons (Fsp3) is 0.478. The highest BCUT2D eigenvalue weighted by Gasteiger charge is 2.15. The van der Waals surface area contributed by atoms with Crippen molar-refractivity contribution >= 4 is 16.9 Å². The number of carbonyl (C=O) groups excluding carboxylic acids is 1. The van der Waals surface area contributed by atoms with Crippen LogP contribution >= 0.6 is 0 Å². The minimum Gasteiger partial charge on any atom is -0.354 e. The van der Waals surface area contributed by atoms with Crippen LogP contribution in [0.15, 0.2) is 41.6 Å². The summed E-state index contributed by atoms with van der Waals surface area (Å²) >= 11 is 0. The summed E-state index contributed by atoms with van der Waals surface area (Å²) in [4.78, 5) is 29.2. The lowest BCUT2D eigenvalue weighted by atomic mass is 9.86. The van der Waals surface area contributed by atoms with E-state index in [1.165, 1.54) is 55.3 Å². The maximum absolute atomic E-state index is 13.9. The van der Waals surface area contributed by atoms with Gasteiger partial charge in [-0.15, -0.1) is 0 Å². The van der Waals surface area contributed by atoms with Crippen molar-refractivity contribution in [2.75, 3.05) is 6.54 Å². The quantitative estimate of drug-likeness (QED) is 0.601. The van der Waals surface area contributed by atoms with Crippen molar-refractivity contribution in [3.05, 3.63) is 58.5 Å². The number of hydrogen-bond acceptors (Lipinski definition) is 4. The van der Waals surface area contributed by atoms with Crippen LogP contribution in [0.25, 0.3) is 11.0 Å². The van der Waals surface area contributed by atoms with Gasteiger partial charge in [-0.2, -0.15) is 5.10 Å². The highest BCUT2D eigenvalue weighted by atomic mass is 19.1. The van der Waals surface area contributed by atoms with E-state index < -0.39 is 0 Å². The monoisotopic (exact) mass is 425 g/mol. The Morgan fingerprint density at radius 3 is 2.81 bits per heavy atom. The summed E-state index contributed by atoms with van der Waals surface area (Å²) in [5.41, 5.74) is 0.622. The van der Waals surface area contributed by atoms with Crippen molar-refractivity contribution < 1.29 is 9.18 Å². The molecule has 1 fully saturated rings. The van der Waals surface area contributed by atoms with Gasteiger partial charge >= 0.3 is 0 Å². The van der Waals surface area contributed by atoms with E-state index in [9.17, 15) is 14.0 Å². The Balaban J connectivity index is 1.33. The number of nitrogens with zero attached hydrogens (tertiary/aromatic N) is 4. The standard InChI is InChI=1S/C23H28FN5O2/c24-20-9-5-4-8-18(20)15-28-16-26-22-19(23(28)31)14-27-29(22)13-12-25-21(30)11-10-17-6-2-1-3-7-17/h4-5,8-9,14,16-17H,1-3,6-7,10-13,15H2,(H,25,30). The smallest absolute Gasteiger partial charge is 0.264 e. The second-order valence-corrected chi connectivity index (χ2v) is 8.27. The third kappa shape index (κ3) is 5.18. The summed E-state index contributed by atoms with van der Waals surface area (Å²) in [5, 5.41) is 7.57. The molecule has 1 aliphatic rings. The van der Waals surface area contributed by atoms with Gasteiger partial charge in [0.2, 0.25) is 5.91 Å². The average molecular weight is 426 g/mol. The average Bonchev–Trinajstić information content (AvgIpc) is 3.20. The molecule has 1 aromatic carbocycles. The Labute approximate surface area is 180 Å². The van der Waals surface area contributed by atoms with E-state index in [4.69, 9.17) is 0 Å². The number of rotatable bonds is 8. The summed E-state index contributed by atoms with van der Waals surface area (Å²) in [7, 11) is 0. The van der Waals surface area contributed by atoms with Crippen LogP contribution in [0.3, 0.4) is 0 Å². The van der Waals surface area contributed by atoms with E-state index in [1.807, 2.05) is 0 Å². The van der Waals surface area contributed by atoms with Gasteiger partial charge in [0, 0.05) is 18.5 Å². The fourth-order valence-electron chi connectivity index (χ4n) is 4.28. The minimum atomic E-state index is -0.357. The van der Waals surface area contributed by atoms with Crippen LogP contribution in [0.1, 0.15) is 50.5 Å². The lowest BCUT2D eigenvalue weighted by Crippen LogP contribution is -2.28. The minimum absolute atomic E-state index is 0.0576. The molecule has 0 aliphatic heterocycles. The molecule has 0 radical (unpaired) electrons. The molecule has 0 saturated heterocycles. The third-order valence-corrected chi connectivity index (χ3v) is 6.07. The summed E-state index contributed by atoms with van der Waals surface area (Å²) in [6.45, 7) is 0.972. The van der Waals surface area contributed by atoms with Crippen LogP contribution in [-0.2, 0) is 17.9 Å². The highest BCUT2D eigenvalue weighted by Crippen LogP contribution is 2.27. The Morgan fingerprint density at radius 2 is 2.00 bits per heavy atom. The largest absolute Gasteiger partial charge is 0.354 e. The first-order valence-electron chi connectivity index (χ1n) is 11.0. The van der Waals surface area contributed by atoms with Gasteiger partial charge in [-0.3, -0.25) is 14.2 Å². The molecule has 0 bridgehead atoms. The number of fused-ring (bicyclic) bond motifs is 1. The number of hydrogen-bond donors (Lipinski definition) is 1. The Kier molecular flexibility index (Phi) is 6.74. The van der Waals surface area contributed by atoms with Crippen molar-refractivity contribution in [1.82, 2.24) is 24.6 Å². The number of amides is 1. The highest BCUT2D eigenvalue weighted by molar-refractivity contribution is 5.76. The van der Waals surface area contributed by atoms with Gasteiger partial charge in [0.1, 0.15) is 17.5 Å². The molecule has 2 aromatic heterocycles. The van der Waals surface area contributed by atoms with E-state index in [0.29, 0.717) is 42.0 Å². The molecule has 164 valence electrons. The molecule has 0 atom stereocenters. The van der Waals surface area contributed by atoms with Crippen LogP contribution in [0.5, 0.6) is 0 Å². The molecular weight excluding hydrogens is 397 g/mol. The fourth-order valence-corrected chi connectivity index (χ4v) is 4.28. The SMILES string of the molecule is O=C(CCC1CCCCC1)NCCn1ncc2c(=O)n(Cc3ccccc3F)cnc21. The lowest BCUT2D eigenvalue weighted by molar-refractivity contribution is -0.121. The maximum Gasteiger partial charge on any atom is 0.264 e. The molecule has 1 saturated carbocycles. The molecule has 4 rings (SSSR count). The van der Waals surface area contributed by atoms with Crippen LogP contribution in [0.2, 0.25) is 0 Å². The van der Waals surface area contributed by atoms with Gasteiger partial charge in [0.15, 0.2) is 5.65 Å². The zero-order valence-corrected chi connectivity index (χ0v) is 17.6. The first kappa shape index (κ1) is 21.2. The summed E-state index contributed by atoms with van der Waals surface area (Å²) in [6.07, 6.45) is 10.8. The predicted octanol–water partition coefficient (Wildman–Crippen LogP) is 3.26. The normalized spacial score (nSPS) is 14.7. The molecule has 31 heavy (non-hydrogen) atoms. The zero-order chi connectivity index (χ0) is 21.6. The van der Waals surface area contributed by atoms with E-state index >= 15 is 0 Å². The predicted molar refractivity (Wildman–Crippen MR) is 116 cm³/mol. The summed E-state index contributed by atoms with van der Waals surface area (Å²) in [6, 6.07) is 6.36. The molecule has 7 nitrogen and oxygen atoms in total. The second-order valence-electron chi connectivity index (χ2n) is 8.27. The van der Waals surface area contributed by atoms with E-state index in [0.717, 1.165) is 6.42 Å². The van der Waals surface area contributed by atoms with Crippen LogP contribution in [0.4, 0.5) is 4.39 Å². The molecule has 8 heteroatoms. The number of halogens is 1. The first-order chi connectivity index (χ1) is 15.1. The molecule has 1 amide bonds. The van der Waals surface area contributed by atoms with E-state index in [2.05, 4.69) is 15.4 Å².